The van der Waals surface area contributed by atoms with Crippen molar-refractivity contribution >= 4 is 44.9 Å². The van der Waals surface area contributed by atoms with E-state index >= 15 is 0 Å². The molecule has 3 nitrogen and oxygen atoms in total. The Balaban J connectivity index is 2.46. The fourth-order valence-electron chi connectivity index (χ4n) is 1.75. The van der Waals surface area contributed by atoms with Crippen molar-refractivity contribution in [3.8, 4) is 5.75 Å². The highest BCUT2D eigenvalue weighted by Gasteiger charge is 2.23. The van der Waals surface area contributed by atoms with Crippen molar-refractivity contribution in [1.82, 2.24) is 0 Å². The number of benzene rings is 2. The summed E-state index contributed by atoms with van der Waals surface area (Å²) in [5.41, 5.74) is 1.71. The minimum atomic E-state index is -4.09. The quantitative estimate of drug-likeness (QED) is 0.566. The van der Waals surface area contributed by atoms with Crippen LogP contribution < -0.4 is 4.18 Å². The largest absolute Gasteiger partial charge is 0.379 e. The minimum Gasteiger partial charge on any atom is -0.379 e. The molecule has 0 saturated heterocycles. The maximum atomic E-state index is 12.3. The van der Waals surface area contributed by atoms with Crippen molar-refractivity contribution in [2.45, 2.75) is 18.7 Å². The molecule has 0 spiro atoms. The van der Waals surface area contributed by atoms with E-state index in [1.54, 1.807) is 19.1 Å². The highest BCUT2D eigenvalue weighted by Crippen LogP contribution is 2.33. The Morgan fingerprint density at radius 1 is 0.905 bits per heavy atom. The second-order valence-corrected chi connectivity index (χ2v) is 7.24. The predicted molar refractivity (Wildman–Crippen MR) is 85.2 cm³/mol. The summed E-state index contributed by atoms with van der Waals surface area (Å²) < 4.78 is 29.8. The maximum absolute atomic E-state index is 12.3. The fraction of sp³-hybridized carbons (Fsp3) is 0.143. The molecule has 2 rings (SSSR count). The molecule has 0 aromatic heterocycles. The lowest BCUT2D eigenvalue weighted by Crippen LogP contribution is -2.11. The van der Waals surface area contributed by atoms with Gasteiger partial charge in [-0.05, 0) is 37.6 Å². The van der Waals surface area contributed by atoms with Crippen LogP contribution in [0.5, 0.6) is 5.75 Å². The molecule has 0 amide bonds. The number of hydrogen-bond donors (Lipinski definition) is 0. The summed E-state index contributed by atoms with van der Waals surface area (Å²) in [6.07, 6.45) is 0. The summed E-state index contributed by atoms with van der Waals surface area (Å²) in [6.45, 7) is 3.66. The van der Waals surface area contributed by atoms with Gasteiger partial charge in [-0.3, -0.25) is 0 Å². The van der Waals surface area contributed by atoms with Crippen LogP contribution in [0.4, 0.5) is 0 Å². The SMILES string of the molecule is Cc1ccc(OS(=O)(=O)c2cc(Cl)c(Cl)cc2Cl)c(C)c1. The van der Waals surface area contributed by atoms with Crippen LogP contribution >= 0.6 is 34.8 Å². The molecule has 112 valence electrons. The molecule has 0 aliphatic heterocycles. The molecule has 0 aliphatic rings. The first kappa shape index (κ1) is 16.4. The topological polar surface area (TPSA) is 43.4 Å². The molecule has 0 atom stereocenters. The molecule has 0 bridgehead atoms. The van der Waals surface area contributed by atoms with Gasteiger partial charge in [-0.25, -0.2) is 0 Å². The number of rotatable bonds is 3. The van der Waals surface area contributed by atoms with Gasteiger partial charge < -0.3 is 4.18 Å². The molecule has 0 unspecified atom stereocenters. The third-order valence-corrected chi connectivity index (χ3v) is 5.20. The lowest BCUT2D eigenvalue weighted by molar-refractivity contribution is 0.484. The summed E-state index contributed by atoms with van der Waals surface area (Å²) in [5, 5.41) is 0.213. The predicted octanol–water partition coefficient (Wildman–Crippen LogP) is 5.03. The molecule has 0 radical (unpaired) electrons. The minimum absolute atomic E-state index is 0.0471. The Hall–Kier alpha value is -0.940. The third kappa shape index (κ3) is 3.64. The second kappa shape index (κ2) is 6.05. The van der Waals surface area contributed by atoms with E-state index in [0.29, 0.717) is 5.56 Å². The standard InChI is InChI=1S/C14H11Cl3O3S/c1-8-3-4-13(9(2)5-8)20-21(18,19)14-7-11(16)10(15)6-12(14)17/h3-7H,1-2H3. The van der Waals surface area contributed by atoms with Gasteiger partial charge in [-0.15, -0.1) is 0 Å². The lowest BCUT2D eigenvalue weighted by atomic mass is 10.1. The molecule has 0 N–H and O–H groups in total. The first-order chi connectivity index (χ1) is 9.70. The summed E-state index contributed by atoms with van der Waals surface area (Å²) in [5.74, 6) is 0.239. The molecule has 2 aromatic carbocycles. The van der Waals surface area contributed by atoms with Gasteiger partial charge in [0.05, 0.1) is 15.1 Å². The number of aryl methyl sites for hydroxylation is 2. The van der Waals surface area contributed by atoms with E-state index in [-0.39, 0.29) is 25.7 Å². The van der Waals surface area contributed by atoms with Crippen molar-refractivity contribution in [3.63, 3.8) is 0 Å². The molecular weight excluding hydrogens is 355 g/mol. The average Bonchev–Trinajstić information content (AvgIpc) is 2.37. The summed E-state index contributed by atoms with van der Waals surface area (Å²) in [6, 6.07) is 7.61. The van der Waals surface area contributed by atoms with E-state index < -0.39 is 10.1 Å². The zero-order valence-electron chi connectivity index (χ0n) is 11.2. The monoisotopic (exact) mass is 364 g/mol. The molecule has 7 heteroatoms. The summed E-state index contributed by atoms with van der Waals surface area (Å²) in [4.78, 5) is -0.224. The normalized spacial score (nSPS) is 11.5. The maximum Gasteiger partial charge on any atom is 0.340 e. The van der Waals surface area contributed by atoms with Crippen LogP contribution in [-0.2, 0) is 10.1 Å². The van der Waals surface area contributed by atoms with Gasteiger partial charge in [0, 0.05) is 0 Å². The Kier molecular flexibility index (Phi) is 4.73. The summed E-state index contributed by atoms with van der Waals surface area (Å²) >= 11 is 17.5. The van der Waals surface area contributed by atoms with Crippen molar-refractivity contribution in [3.05, 3.63) is 56.5 Å². The molecular formula is C14H11Cl3O3S. The van der Waals surface area contributed by atoms with Crippen molar-refractivity contribution < 1.29 is 12.6 Å². The molecule has 0 aliphatic carbocycles. The van der Waals surface area contributed by atoms with Crippen LogP contribution in [0.2, 0.25) is 15.1 Å². The highest BCUT2D eigenvalue weighted by atomic mass is 35.5. The number of hydrogen-bond acceptors (Lipinski definition) is 3. The van der Waals surface area contributed by atoms with Gasteiger partial charge in [0.1, 0.15) is 10.6 Å². The molecule has 0 fully saturated rings. The lowest BCUT2D eigenvalue weighted by Gasteiger charge is -2.11. The first-order valence-corrected chi connectivity index (χ1v) is 8.41. The van der Waals surface area contributed by atoms with E-state index in [2.05, 4.69) is 0 Å². The molecule has 0 heterocycles. The van der Waals surface area contributed by atoms with Crippen LogP contribution in [0.15, 0.2) is 35.2 Å². The van der Waals surface area contributed by atoms with Gasteiger partial charge in [-0.1, -0.05) is 52.5 Å². The Morgan fingerprint density at radius 2 is 1.52 bits per heavy atom. The van der Waals surface area contributed by atoms with Gasteiger partial charge in [-0.2, -0.15) is 8.42 Å². The van der Waals surface area contributed by atoms with Crippen LogP contribution in [0, 0.1) is 13.8 Å². The van der Waals surface area contributed by atoms with Crippen LogP contribution in [0.1, 0.15) is 11.1 Å². The van der Waals surface area contributed by atoms with Gasteiger partial charge in [0.2, 0.25) is 0 Å². The van der Waals surface area contributed by atoms with Crippen molar-refractivity contribution in [2.75, 3.05) is 0 Å². The number of halogens is 3. The van der Waals surface area contributed by atoms with E-state index in [0.717, 1.165) is 5.56 Å². The van der Waals surface area contributed by atoms with Crippen LogP contribution in [0.25, 0.3) is 0 Å². The smallest absolute Gasteiger partial charge is 0.340 e. The third-order valence-electron chi connectivity index (χ3n) is 2.77. The van der Waals surface area contributed by atoms with Gasteiger partial charge >= 0.3 is 10.1 Å². The molecule has 21 heavy (non-hydrogen) atoms. The van der Waals surface area contributed by atoms with Crippen LogP contribution in [-0.4, -0.2) is 8.42 Å². The fourth-order valence-corrected chi connectivity index (χ4v) is 3.72. The zero-order chi connectivity index (χ0) is 15.8. The van der Waals surface area contributed by atoms with E-state index in [1.165, 1.54) is 12.1 Å². The van der Waals surface area contributed by atoms with E-state index in [9.17, 15) is 8.42 Å². The second-order valence-electron chi connectivity index (χ2n) is 4.50. The zero-order valence-corrected chi connectivity index (χ0v) is 14.2. The highest BCUT2D eigenvalue weighted by molar-refractivity contribution is 7.87. The van der Waals surface area contributed by atoms with Gasteiger partial charge in [0.15, 0.2) is 0 Å². The first-order valence-electron chi connectivity index (χ1n) is 5.87. The van der Waals surface area contributed by atoms with Gasteiger partial charge in [0.25, 0.3) is 0 Å². The Bertz CT molecular complexity index is 801. The van der Waals surface area contributed by atoms with E-state index in [1.807, 2.05) is 13.0 Å². The summed E-state index contributed by atoms with van der Waals surface area (Å²) in [7, 11) is -4.09. The van der Waals surface area contributed by atoms with Crippen molar-refractivity contribution in [1.29, 1.82) is 0 Å². The average molecular weight is 366 g/mol. The molecule has 2 aromatic rings. The Labute approximate surface area is 138 Å². The van der Waals surface area contributed by atoms with E-state index in [4.69, 9.17) is 39.0 Å². The van der Waals surface area contributed by atoms with Crippen molar-refractivity contribution in [2.24, 2.45) is 0 Å². The molecule has 0 saturated carbocycles. The van der Waals surface area contributed by atoms with Crippen LogP contribution in [0.3, 0.4) is 0 Å². The Morgan fingerprint density at radius 3 is 2.14 bits per heavy atom.